The van der Waals surface area contributed by atoms with Crippen molar-refractivity contribution in [2.24, 2.45) is 4.99 Å². The lowest BCUT2D eigenvalue weighted by atomic mass is 10.0. The average Bonchev–Trinajstić information content (AvgIpc) is 2.31. The molecule has 2 rings (SSSR count). The number of fused-ring (bicyclic) bond motifs is 1. The number of phenolic OH excluding ortho intramolecular Hbond substituents is 1. The molecule has 0 fully saturated rings. The molecule has 1 aromatic carbocycles. The molecule has 0 unspecified atom stereocenters. The highest BCUT2D eigenvalue weighted by Gasteiger charge is 2.10. The summed E-state index contributed by atoms with van der Waals surface area (Å²) in [7, 11) is 1.55. The zero-order chi connectivity index (χ0) is 11.3. The average molecular weight is 319 g/mol. The van der Waals surface area contributed by atoms with Crippen LogP contribution >= 0.6 is 22.6 Å². The first-order chi connectivity index (χ1) is 7.31. The van der Waals surface area contributed by atoms with Crippen LogP contribution in [0.5, 0.6) is 11.5 Å². The van der Waals surface area contributed by atoms with Crippen LogP contribution in [0.1, 0.15) is 11.1 Å². The highest BCUT2D eigenvalue weighted by molar-refractivity contribution is 14.1. The summed E-state index contributed by atoms with van der Waals surface area (Å²) in [5.41, 5.74) is 2.18. The van der Waals surface area contributed by atoms with Gasteiger partial charge in [0.05, 0.1) is 7.11 Å². The summed E-state index contributed by atoms with van der Waals surface area (Å²) in [6.45, 7) is 0.820. The zero-order valence-electron chi connectivity index (χ0n) is 8.83. The van der Waals surface area contributed by atoms with Crippen molar-refractivity contribution in [3.8, 4) is 11.5 Å². The number of nitrogens with zero attached hydrogens (tertiary/aromatic N) is 1. The summed E-state index contributed by atoms with van der Waals surface area (Å²) in [5.74, 6) is 0.712. The van der Waals surface area contributed by atoms with E-state index in [1.807, 2.05) is 11.0 Å². The van der Waals surface area contributed by atoms with Crippen molar-refractivity contribution in [2.75, 3.05) is 18.6 Å². The van der Waals surface area contributed by atoms with Crippen molar-refractivity contribution < 1.29 is 9.84 Å². The standard InChI is InChI=1S/C10H11NO2.CH3I/c1-13-10-5-7-2-3-11-6-8(7)4-9(10)12;1-2/h4-6,12H,2-3H2,1H3;1H3. The molecule has 82 valence electrons. The van der Waals surface area contributed by atoms with E-state index in [9.17, 15) is 5.11 Å². The molecule has 0 radical (unpaired) electrons. The van der Waals surface area contributed by atoms with Crippen LogP contribution in [0.15, 0.2) is 17.1 Å². The van der Waals surface area contributed by atoms with Gasteiger partial charge in [-0.15, -0.1) is 0 Å². The Morgan fingerprint density at radius 1 is 1.40 bits per heavy atom. The van der Waals surface area contributed by atoms with E-state index in [1.54, 1.807) is 19.4 Å². The van der Waals surface area contributed by atoms with Crippen LogP contribution in [0, 0.1) is 0 Å². The number of benzene rings is 1. The molecule has 1 aromatic rings. The maximum atomic E-state index is 9.48. The molecule has 3 nitrogen and oxygen atoms in total. The van der Waals surface area contributed by atoms with E-state index in [2.05, 4.69) is 27.6 Å². The van der Waals surface area contributed by atoms with Gasteiger partial charge in [0.25, 0.3) is 0 Å². The highest BCUT2D eigenvalue weighted by Crippen LogP contribution is 2.29. The Kier molecular flexibility index (Phi) is 4.87. The fourth-order valence-corrected chi connectivity index (χ4v) is 1.47. The van der Waals surface area contributed by atoms with E-state index in [1.165, 1.54) is 5.56 Å². The van der Waals surface area contributed by atoms with Gasteiger partial charge in [0.2, 0.25) is 0 Å². The van der Waals surface area contributed by atoms with Gasteiger partial charge < -0.3 is 9.84 Å². The number of phenols is 1. The van der Waals surface area contributed by atoms with Gasteiger partial charge in [-0.1, -0.05) is 22.6 Å². The first kappa shape index (κ1) is 12.3. The zero-order valence-corrected chi connectivity index (χ0v) is 11.0. The van der Waals surface area contributed by atoms with Crippen molar-refractivity contribution in [3.63, 3.8) is 0 Å². The fraction of sp³-hybridized carbons (Fsp3) is 0.364. The predicted octanol–water partition coefficient (Wildman–Crippen LogP) is 2.43. The molecule has 0 saturated carbocycles. The van der Waals surface area contributed by atoms with Crippen molar-refractivity contribution in [1.29, 1.82) is 0 Å². The summed E-state index contributed by atoms with van der Waals surface area (Å²) < 4.78 is 5.02. The van der Waals surface area contributed by atoms with Gasteiger partial charge in [-0.05, 0) is 34.6 Å². The van der Waals surface area contributed by atoms with E-state index < -0.39 is 0 Å². The van der Waals surface area contributed by atoms with Crippen LogP contribution in [0.2, 0.25) is 0 Å². The number of methoxy groups -OCH3 is 1. The Bertz CT molecular complexity index is 364. The predicted molar refractivity (Wildman–Crippen MR) is 70.8 cm³/mol. The largest absolute Gasteiger partial charge is 0.504 e. The molecule has 0 aliphatic carbocycles. The van der Waals surface area contributed by atoms with E-state index in [4.69, 9.17) is 4.74 Å². The number of halogens is 1. The van der Waals surface area contributed by atoms with Crippen molar-refractivity contribution >= 4 is 28.8 Å². The molecule has 1 aliphatic rings. The number of alkyl halides is 1. The second kappa shape index (κ2) is 5.95. The third-order valence-corrected chi connectivity index (χ3v) is 2.18. The second-order valence-corrected chi connectivity index (χ2v) is 3.01. The van der Waals surface area contributed by atoms with Gasteiger partial charge in [-0.3, -0.25) is 4.99 Å². The summed E-state index contributed by atoms with van der Waals surface area (Å²) in [4.78, 5) is 6.11. The smallest absolute Gasteiger partial charge is 0.160 e. The molecule has 4 heteroatoms. The molecule has 0 saturated heterocycles. The van der Waals surface area contributed by atoms with Crippen molar-refractivity contribution in [3.05, 3.63) is 23.3 Å². The molecule has 0 amide bonds. The van der Waals surface area contributed by atoms with Gasteiger partial charge >= 0.3 is 0 Å². The van der Waals surface area contributed by atoms with Gasteiger partial charge in [0.15, 0.2) is 11.5 Å². The number of rotatable bonds is 1. The molecule has 15 heavy (non-hydrogen) atoms. The Morgan fingerprint density at radius 3 is 2.80 bits per heavy atom. The van der Waals surface area contributed by atoms with Crippen LogP contribution < -0.4 is 4.74 Å². The third-order valence-electron chi connectivity index (χ3n) is 2.18. The third kappa shape index (κ3) is 2.84. The summed E-state index contributed by atoms with van der Waals surface area (Å²) >= 11 is 2.15. The van der Waals surface area contributed by atoms with Crippen LogP contribution in [0.25, 0.3) is 0 Å². The lowest BCUT2D eigenvalue weighted by Crippen LogP contribution is -2.03. The maximum Gasteiger partial charge on any atom is 0.160 e. The number of ether oxygens (including phenoxy) is 1. The van der Waals surface area contributed by atoms with Crippen molar-refractivity contribution in [1.82, 2.24) is 0 Å². The van der Waals surface area contributed by atoms with E-state index in [-0.39, 0.29) is 5.75 Å². The van der Waals surface area contributed by atoms with Crippen LogP contribution in [0.3, 0.4) is 0 Å². The monoisotopic (exact) mass is 319 g/mol. The molecule has 0 aromatic heterocycles. The van der Waals surface area contributed by atoms with Gasteiger partial charge in [-0.25, -0.2) is 0 Å². The lowest BCUT2D eigenvalue weighted by molar-refractivity contribution is 0.373. The summed E-state index contributed by atoms with van der Waals surface area (Å²) in [6, 6.07) is 3.56. The molecular weight excluding hydrogens is 305 g/mol. The second-order valence-electron chi connectivity index (χ2n) is 3.01. The maximum absolute atomic E-state index is 9.48. The van der Waals surface area contributed by atoms with Gasteiger partial charge in [0, 0.05) is 12.8 Å². The Labute approximate surface area is 103 Å². The minimum atomic E-state index is 0.176. The number of aromatic hydroxyl groups is 1. The number of aliphatic imine (C=N–C) groups is 1. The number of hydrogen-bond donors (Lipinski definition) is 1. The van der Waals surface area contributed by atoms with Crippen LogP contribution in [0.4, 0.5) is 0 Å². The summed E-state index contributed by atoms with van der Waals surface area (Å²) in [5, 5.41) is 9.48. The normalized spacial score (nSPS) is 12.5. The lowest BCUT2D eigenvalue weighted by Gasteiger charge is -2.12. The first-order valence-electron chi connectivity index (χ1n) is 4.59. The minimum Gasteiger partial charge on any atom is -0.504 e. The minimum absolute atomic E-state index is 0.176. The SMILES string of the molecule is CI.COc1cc2c(cc1O)C=NCC2. The van der Waals surface area contributed by atoms with Gasteiger partial charge in [-0.2, -0.15) is 0 Å². The Morgan fingerprint density at radius 2 is 2.13 bits per heavy atom. The van der Waals surface area contributed by atoms with Crippen LogP contribution in [-0.4, -0.2) is 29.9 Å². The molecule has 0 atom stereocenters. The highest BCUT2D eigenvalue weighted by atomic mass is 127. The molecule has 1 heterocycles. The van der Waals surface area contributed by atoms with Gasteiger partial charge in [0.1, 0.15) is 0 Å². The Hall–Kier alpha value is -0.780. The van der Waals surface area contributed by atoms with E-state index in [0.717, 1.165) is 18.5 Å². The molecule has 0 bridgehead atoms. The molecule has 0 spiro atoms. The first-order valence-corrected chi connectivity index (χ1v) is 6.74. The summed E-state index contributed by atoms with van der Waals surface area (Å²) in [6.07, 6.45) is 2.71. The van der Waals surface area contributed by atoms with Crippen molar-refractivity contribution in [2.45, 2.75) is 6.42 Å². The topological polar surface area (TPSA) is 41.8 Å². The van der Waals surface area contributed by atoms with E-state index in [0.29, 0.717) is 5.75 Å². The van der Waals surface area contributed by atoms with Crippen LogP contribution in [-0.2, 0) is 6.42 Å². The van der Waals surface area contributed by atoms with E-state index >= 15 is 0 Å². The molecule has 1 aliphatic heterocycles. The fourth-order valence-electron chi connectivity index (χ4n) is 1.47. The number of hydrogen-bond acceptors (Lipinski definition) is 3. The molecular formula is C11H14INO2. The quantitative estimate of drug-likeness (QED) is 0.638. The molecule has 1 N–H and O–H groups in total. The Balaban J connectivity index is 0.000000531.